The van der Waals surface area contributed by atoms with E-state index in [4.69, 9.17) is 5.73 Å². The summed E-state index contributed by atoms with van der Waals surface area (Å²) < 4.78 is 7.57. The Hall–Kier alpha value is -5.47. The first-order chi connectivity index (χ1) is 20.3. The van der Waals surface area contributed by atoms with Gasteiger partial charge in [-0.05, 0) is 49.1 Å². The Morgan fingerprint density at radius 1 is 1.14 bits per heavy atom. The number of hydrogen-bond donors (Lipinski definition) is 3. The Kier molecular flexibility index (Phi) is 7.99. The van der Waals surface area contributed by atoms with E-state index in [1.807, 2.05) is 24.3 Å². The van der Waals surface area contributed by atoms with Gasteiger partial charge in [-0.1, -0.05) is 42.2 Å². The van der Waals surface area contributed by atoms with Crippen LogP contribution < -0.4 is 16.6 Å². The molecular formula is C31H28N6O5. The number of aliphatic hydroxyl groups excluding tert-OH is 1. The Labute approximate surface area is 240 Å². The van der Waals surface area contributed by atoms with Crippen LogP contribution in [0, 0.1) is 11.8 Å². The van der Waals surface area contributed by atoms with Crippen LogP contribution in [0.5, 0.6) is 0 Å². The summed E-state index contributed by atoms with van der Waals surface area (Å²) in [4.78, 5) is 43.2. The molecule has 5 aromatic rings. The Morgan fingerprint density at radius 3 is 2.69 bits per heavy atom. The van der Waals surface area contributed by atoms with E-state index in [-0.39, 0.29) is 29.8 Å². The summed E-state index contributed by atoms with van der Waals surface area (Å²) in [6.45, 7) is 1.77. The van der Waals surface area contributed by atoms with Crippen LogP contribution in [0.25, 0.3) is 22.1 Å². The first-order valence-electron chi connectivity index (χ1n) is 13.2. The van der Waals surface area contributed by atoms with E-state index in [0.29, 0.717) is 33.4 Å². The van der Waals surface area contributed by atoms with E-state index < -0.39 is 24.0 Å². The van der Waals surface area contributed by atoms with Crippen LogP contribution in [0.15, 0.2) is 77.9 Å². The zero-order valence-corrected chi connectivity index (χ0v) is 22.9. The molecule has 0 aliphatic carbocycles. The van der Waals surface area contributed by atoms with Gasteiger partial charge in [0.15, 0.2) is 11.5 Å². The van der Waals surface area contributed by atoms with Crippen LogP contribution in [0.1, 0.15) is 47.4 Å². The lowest BCUT2D eigenvalue weighted by Gasteiger charge is -2.21. The highest BCUT2D eigenvalue weighted by Gasteiger charge is 2.24. The van der Waals surface area contributed by atoms with Crippen LogP contribution in [-0.2, 0) is 9.53 Å². The van der Waals surface area contributed by atoms with Gasteiger partial charge in [-0.15, -0.1) is 5.10 Å². The van der Waals surface area contributed by atoms with Crippen molar-refractivity contribution in [1.29, 1.82) is 0 Å². The molecule has 42 heavy (non-hydrogen) atoms. The maximum absolute atomic E-state index is 14.1. The van der Waals surface area contributed by atoms with Crippen molar-refractivity contribution in [2.24, 2.45) is 0 Å². The van der Waals surface area contributed by atoms with E-state index in [1.165, 1.54) is 16.2 Å². The number of ether oxygens (including phenoxy) is 1. The van der Waals surface area contributed by atoms with Gasteiger partial charge in [0.1, 0.15) is 11.7 Å². The molecule has 212 valence electrons. The molecular weight excluding hydrogens is 536 g/mol. The number of benzene rings is 2. The molecule has 11 heteroatoms. The van der Waals surface area contributed by atoms with Crippen LogP contribution in [-0.4, -0.2) is 49.4 Å². The molecule has 2 atom stereocenters. The number of amides is 1. The third-order valence-corrected chi connectivity index (χ3v) is 6.75. The molecule has 1 unspecified atom stereocenters. The van der Waals surface area contributed by atoms with Crippen LogP contribution in [0.4, 0.5) is 5.82 Å². The highest BCUT2D eigenvalue weighted by molar-refractivity contribution is 6.04. The number of nitrogen functional groups attached to an aromatic ring is 1. The first-order valence-corrected chi connectivity index (χ1v) is 13.2. The number of nitrogens with one attached hydrogen (secondary N) is 1. The van der Waals surface area contributed by atoms with Crippen molar-refractivity contribution in [2.75, 3.05) is 12.8 Å². The summed E-state index contributed by atoms with van der Waals surface area (Å²) in [7, 11) is 1.28. The maximum Gasteiger partial charge on any atom is 0.305 e. The molecule has 0 aliphatic heterocycles. The van der Waals surface area contributed by atoms with Crippen LogP contribution in [0.3, 0.4) is 0 Å². The molecule has 3 heterocycles. The molecule has 0 saturated carbocycles. The highest BCUT2D eigenvalue weighted by atomic mass is 16.5. The van der Waals surface area contributed by atoms with E-state index in [2.05, 4.69) is 32.0 Å². The SMILES string of the molecule is COC(=O)CCC(O)C#Cc1cccc2cc([C@H](C)NC(=O)c3c(N)nn4cccnc34)n(-c3ccccc3)c(=O)c12. The molecule has 0 radical (unpaired) electrons. The van der Waals surface area contributed by atoms with Crippen molar-refractivity contribution in [3.63, 3.8) is 0 Å². The number of esters is 1. The smallest absolute Gasteiger partial charge is 0.305 e. The van der Waals surface area contributed by atoms with E-state index in [9.17, 15) is 19.5 Å². The fraction of sp³-hybridized carbons (Fsp3) is 0.194. The lowest BCUT2D eigenvalue weighted by atomic mass is 10.0. The lowest BCUT2D eigenvalue weighted by molar-refractivity contribution is -0.141. The number of fused-ring (bicyclic) bond motifs is 2. The number of pyridine rings is 1. The normalized spacial score (nSPS) is 12.4. The number of carbonyl (C=O) groups excluding carboxylic acids is 2. The van der Waals surface area contributed by atoms with Gasteiger partial charge < -0.3 is 20.9 Å². The van der Waals surface area contributed by atoms with Crippen molar-refractivity contribution in [3.05, 3.63) is 100 Å². The maximum atomic E-state index is 14.1. The van der Waals surface area contributed by atoms with Gasteiger partial charge in [0.05, 0.1) is 18.5 Å². The van der Waals surface area contributed by atoms with Gasteiger partial charge in [-0.25, -0.2) is 9.50 Å². The second kappa shape index (κ2) is 12.0. The number of aliphatic hydroxyl groups is 1. The summed E-state index contributed by atoms with van der Waals surface area (Å²) in [5.41, 5.74) is 7.71. The number of methoxy groups -OCH3 is 1. The third kappa shape index (κ3) is 5.56. The summed E-state index contributed by atoms with van der Waals surface area (Å²) in [6, 6.07) is 17.2. The van der Waals surface area contributed by atoms with Crippen LogP contribution >= 0.6 is 0 Å². The van der Waals surface area contributed by atoms with Crippen molar-refractivity contribution in [1.82, 2.24) is 24.5 Å². The summed E-state index contributed by atoms with van der Waals surface area (Å²) in [5.74, 6) is 4.74. The zero-order valence-electron chi connectivity index (χ0n) is 22.9. The van der Waals surface area contributed by atoms with Gasteiger partial charge in [-0.2, -0.15) is 0 Å². The largest absolute Gasteiger partial charge is 0.469 e. The first kappa shape index (κ1) is 28.1. The topological polar surface area (TPSA) is 154 Å². The number of rotatable bonds is 7. The van der Waals surface area contributed by atoms with E-state index >= 15 is 0 Å². The molecule has 0 saturated heterocycles. The predicted octanol–water partition coefficient (Wildman–Crippen LogP) is 2.77. The van der Waals surface area contributed by atoms with Crippen LogP contribution in [0.2, 0.25) is 0 Å². The highest BCUT2D eigenvalue weighted by Crippen LogP contribution is 2.24. The molecule has 0 fully saturated rings. The summed E-state index contributed by atoms with van der Waals surface area (Å²) >= 11 is 0. The van der Waals surface area contributed by atoms with E-state index in [1.54, 1.807) is 55.7 Å². The molecule has 11 nitrogen and oxygen atoms in total. The van der Waals surface area contributed by atoms with Gasteiger partial charge >= 0.3 is 5.97 Å². The number of hydrogen-bond acceptors (Lipinski definition) is 8. The Bertz CT molecular complexity index is 1920. The number of nitrogens with two attached hydrogens (primary N) is 1. The lowest BCUT2D eigenvalue weighted by Crippen LogP contribution is -2.32. The average molecular weight is 565 g/mol. The fourth-order valence-corrected chi connectivity index (χ4v) is 4.70. The van der Waals surface area contributed by atoms with Crippen molar-refractivity contribution < 1.29 is 19.4 Å². The fourth-order valence-electron chi connectivity index (χ4n) is 4.70. The number of para-hydroxylation sites is 1. The minimum absolute atomic E-state index is 0.0205. The molecule has 0 bridgehead atoms. The van der Waals surface area contributed by atoms with Crippen molar-refractivity contribution >= 4 is 34.1 Å². The Balaban J connectivity index is 1.57. The summed E-state index contributed by atoms with van der Waals surface area (Å²) in [5, 5.41) is 18.3. The molecule has 3 aromatic heterocycles. The average Bonchev–Trinajstić information content (AvgIpc) is 3.34. The standard InChI is InChI=1S/C31H28N6O5/c1-19(34-30(40)27-28(32)35-36-17-7-16-33-29(27)36)24-18-21-9-6-8-20(12-13-23(38)14-15-25(39)42-2)26(21)31(41)37(24)22-10-4-3-5-11-22/h3-11,16-19,23,38H,14-15H2,1-2H3,(H2,32,35)(H,34,40)/t19-,23?/m0/s1. The molecule has 0 spiro atoms. The number of anilines is 1. The molecule has 2 aromatic carbocycles. The van der Waals surface area contributed by atoms with Crippen molar-refractivity contribution in [3.8, 4) is 17.5 Å². The number of carbonyl (C=O) groups is 2. The third-order valence-electron chi connectivity index (χ3n) is 6.75. The minimum Gasteiger partial charge on any atom is -0.469 e. The van der Waals surface area contributed by atoms with Gasteiger partial charge in [0.2, 0.25) is 0 Å². The molecule has 5 rings (SSSR count). The summed E-state index contributed by atoms with van der Waals surface area (Å²) in [6.07, 6.45) is 2.24. The minimum atomic E-state index is -1.08. The monoisotopic (exact) mass is 564 g/mol. The van der Waals surface area contributed by atoms with E-state index in [0.717, 1.165) is 0 Å². The second-order valence-electron chi connectivity index (χ2n) is 9.56. The predicted molar refractivity (Wildman–Crippen MR) is 157 cm³/mol. The van der Waals surface area contributed by atoms with Gasteiger partial charge in [0.25, 0.3) is 11.5 Å². The molecule has 0 aliphatic rings. The second-order valence-corrected chi connectivity index (χ2v) is 9.56. The number of nitrogens with zero attached hydrogens (tertiary/aromatic N) is 4. The Morgan fingerprint density at radius 2 is 1.93 bits per heavy atom. The van der Waals surface area contributed by atoms with Gasteiger partial charge in [-0.3, -0.25) is 19.0 Å². The molecule has 1 amide bonds. The van der Waals surface area contributed by atoms with Gasteiger partial charge in [0, 0.05) is 35.8 Å². The quantitative estimate of drug-likeness (QED) is 0.201. The van der Waals surface area contributed by atoms with Crippen molar-refractivity contribution in [2.45, 2.75) is 31.9 Å². The zero-order chi connectivity index (χ0) is 29.8. The number of aromatic nitrogens is 4. The molecule has 4 N–H and O–H groups in total.